The first-order valence-corrected chi connectivity index (χ1v) is 6.31. The number of likely N-dealkylation sites (tertiary alicyclic amines) is 1. The molecule has 4 atom stereocenters. The molecule has 4 bridgehead atoms. The highest BCUT2D eigenvalue weighted by Crippen LogP contribution is 2.75. The number of nitrogens with zero attached hydrogens (tertiary/aromatic N) is 1. The second-order valence-electron chi connectivity index (χ2n) is 6.46. The van der Waals surface area contributed by atoms with Gasteiger partial charge in [0.1, 0.15) is 5.54 Å². The molecule has 2 aliphatic carbocycles. The predicted molar refractivity (Wildman–Crippen MR) is 61.3 cm³/mol. The molecule has 1 saturated heterocycles. The van der Waals surface area contributed by atoms with Crippen molar-refractivity contribution in [2.45, 2.75) is 45.6 Å². The molecule has 1 amide bonds. The molecule has 0 aromatic heterocycles. The molecule has 3 rings (SSSR count). The number of hydrogen-bond donors (Lipinski definition) is 1. The predicted octanol–water partition coefficient (Wildman–Crippen LogP) is 1.50. The molecule has 0 spiro atoms. The van der Waals surface area contributed by atoms with Gasteiger partial charge in [-0.15, -0.1) is 0 Å². The maximum absolute atomic E-state index is 11.8. The Bertz CT molecular complexity index is 434. The lowest BCUT2D eigenvalue weighted by Crippen LogP contribution is -2.60. The number of rotatable bonds is 1. The average Bonchev–Trinajstić information content (AvgIpc) is 2.68. The number of carbonyl (C=O) groups excluding carboxylic acids is 1. The van der Waals surface area contributed by atoms with Crippen LogP contribution < -0.4 is 0 Å². The second kappa shape index (κ2) is 2.68. The quantitative estimate of drug-likeness (QED) is 0.752. The van der Waals surface area contributed by atoms with E-state index in [9.17, 15) is 14.7 Å². The Morgan fingerprint density at radius 2 is 2.00 bits per heavy atom. The van der Waals surface area contributed by atoms with Gasteiger partial charge in [-0.1, -0.05) is 13.8 Å². The standard InChI is InChI=1S/C13H19NO3/c1-8(15)14-7-11(2)9-4-5-12(11,3)13(14,6-9)10(16)17/h9H,4-7H2,1-3H3,(H,16,17)/t9-,11-,12-,13+/m0/s1. The smallest absolute Gasteiger partial charge is 0.330 e. The van der Waals surface area contributed by atoms with E-state index in [1.807, 2.05) is 0 Å². The Balaban J connectivity index is 2.21. The van der Waals surface area contributed by atoms with Crippen LogP contribution in [0.5, 0.6) is 0 Å². The van der Waals surface area contributed by atoms with E-state index in [0.717, 1.165) is 12.8 Å². The zero-order valence-corrected chi connectivity index (χ0v) is 10.6. The summed E-state index contributed by atoms with van der Waals surface area (Å²) in [6.45, 7) is 6.37. The highest BCUT2D eigenvalue weighted by molar-refractivity contribution is 5.89. The minimum atomic E-state index is -0.934. The van der Waals surface area contributed by atoms with Crippen molar-refractivity contribution in [2.24, 2.45) is 16.7 Å². The van der Waals surface area contributed by atoms with Gasteiger partial charge in [-0.3, -0.25) is 4.79 Å². The number of hydrogen-bond acceptors (Lipinski definition) is 2. The van der Waals surface area contributed by atoms with Crippen LogP contribution in [0.3, 0.4) is 0 Å². The number of carboxylic acids is 1. The summed E-state index contributed by atoms with van der Waals surface area (Å²) < 4.78 is 0. The van der Waals surface area contributed by atoms with E-state index < -0.39 is 11.5 Å². The first-order valence-electron chi connectivity index (χ1n) is 6.31. The van der Waals surface area contributed by atoms with Gasteiger partial charge < -0.3 is 10.0 Å². The van der Waals surface area contributed by atoms with Crippen molar-refractivity contribution in [3.05, 3.63) is 0 Å². The monoisotopic (exact) mass is 237 g/mol. The van der Waals surface area contributed by atoms with Gasteiger partial charge in [0.2, 0.25) is 5.91 Å². The fraction of sp³-hybridized carbons (Fsp3) is 0.846. The van der Waals surface area contributed by atoms with Gasteiger partial charge in [0, 0.05) is 18.9 Å². The molecule has 17 heavy (non-hydrogen) atoms. The Kier molecular flexibility index (Phi) is 1.74. The number of piperidine rings is 1. The fourth-order valence-electron chi connectivity index (χ4n) is 5.10. The molecular formula is C13H19NO3. The third-order valence-electron chi connectivity index (χ3n) is 6.29. The van der Waals surface area contributed by atoms with E-state index in [0.29, 0.717) is 18.9 Å². The molecule has 1 aliphatic heterocycles. The molecule has 0 radical (unpaired) electrons. The maximum Gasteiger partial charge on any atom is 0.330 e. The Morgan fingerprint density at radius 1 is 1.35 bits per heavy atom. The Hall–Kier alpha value is -1.06. The molecule has 0 aromatic rings. The lowest BCUT2D eigenvalue weighted by Gasteiger charge is -2.44. The average molecular weight is 237 g/mol. The summed E-state index contributed by atoms with van der Waals surface area (Å²) >= 11 is 0. The minimum Gasteiger partial charge on any atom is -0.479 e. The summed E-state index contributed by atoms with van der Waals surface area (Å²) in [5.74, 6) is -0.428. The first-order chi connectivity index (χ1) is 7.79. The number of aliphatic carboxylic acids is 1. The highest BCUT2D eigenvalue weighted by Gasteiger charge is 2.80. The van der Waals surface area contributed by atoms with E-state index >= 15 is 0 Å². The van der Waals surface area contributed by atoms with E-state index in [2.05, 4.69) is 13.8 Å². The van der Waals surface area contributed by atoms with Crippen molar-refractivity contribution in [1.29, 1.82) is 0 Å². The summed E-state index contributed by atoms with van der Waals surface area (Å²) in [5.41, 5.74) is -1.18. The summed E-state index contributed by atoms with van der Waals surface area (Å²) in [6.07, 6.45) is 2.70. The second-order valence-corrected chi connectivity index (χ2v) is 6.46. The zero-order chi connectivity index (χ0) is 12.6. The van der Waals surface area contributed by atoms with Crippen LogP contribution >= 0.6 is 0 Å². The molecule has 94 valence electrons. The van der Waals surface area contributed by atoms with Gasteiger partial charge >= 0.3 is 5.97 Å². The third kappa shape index (κ3) is 0.829. The van der Waals surface area contributed by atoms with E-state index in [-0.39, 0.29) is 16.7 Å². The van der Waals surface area contributed by atoms with Crippen LogP contribution in [0, 0.1) is 16.7 Å². The Labute approximate surface area is 101 Å². The van der Waals surface area contributed by atoms with E-state index in [1.54, 1.807) is 4.90 Å². The lowest BCUT2D eigenvalue weighted by atomic mass is 9.65. The molecule has 0 aromatic carbocycles. The number of carboxylic acid groups (broad SMARTS) is 1. The van der Waals surface area contributed by atoms with Crippen LogP contribution in [0.15, 0.2) is 0 Å². The minimum absolute atomic E-state index is 0.00292. The topological polar surface area (TPSA) is 57.6 Å². The van der Waals surface area contributed by atoms with Gasteiger partial charge in [-0.25, -0.2) is 4.79 Å². The van der Waals surface area contributed by atoms with Gasteiger partial charge in [0.25, 0.3) is 0 Å². The van der Waals surface area contributed by atoms with Crippen LogP contribution in [0.1, 0.15) is 40.0 Å². The van der Waals surface area contributed by atoms with Crippen molar-refractivity contribution in [3.63, 3.8) is 0 Å². The van der Waals surface area contributed by atoms with Crippen LogP contribution in [-0.2, 0) is 9.59 Å². The van der Waals surface area contributed by atoms with Crippen molar-refractivity contribution in [1.82, 2.24) is 4.90 Å². The SMILES string of the molecule is CC(=O)N1C[C@@]2(C)[C@H]3CC[C@]2(C)[C@]1(C(=O)O)C3. The van der Waals surface area contributed by atoms with Gasteiger partial charge in [0.05, 0.1) is 0 Å². The van der Waals surface area contributed by atoms with Crippen molar-refractivity contribution < 1.29 is 14.7 Å². The lowest BCUT2D eigenvalue weighted by molar-refractivity contribution is -0.163. The molecule has 4 heteroatoms. The third-order valence-corrected chi connectivity index (χ3v) is 6.29. The number of amides is 1. The molecule has 0 unspecified atom stereocenters. The summed E-state index contributed by atoms with van der Waals surface area (Å²) in [5, 5.41) is 9.72. The maximum atomic E-state index is 11.8. The van der Waals surface area contributed by atoms with Crippen molar-refractivity contribution in [2.75, 3.05) is 6.54 Å². The van der Waals surface area contributed by atoms with E-state index in [1.165, 1.54) is 6.92 Å². The van der Waals surface area contributed by atoms with Gasteiger partial charge in [-0.05, 0) is 30.6 Å². The van der Waals surface area contributed by atoms with Crippen molar-refractivity contribution >= 4 is 11.9 Å². The van der Waals surface area contributed by atoms with Crippen LogP contribution in [0.4, 0.5) is 0 Å². The summed E-state index contributed by atoms with van der Waals surface area (Å²) in [4.78, 5) is 25.2. The van der Waals surface area contributed by atoms with Crippen LogP contribution in [-0.4, -0.2) is 34.0 Å². The molecular weight excluding hydrogens is 218 g/mol. The number of carbonyl (C=O) groups is 2. The molecule has 3 aliphatic rings. The molecule has 3 fully saturated rings. The Morgan fingerprint density at radius 3 is 2.47 bits per heavy atom. The molecule has 4 nitrogen and oxygen atoms in total. The largest absolute Gasteiger partial charge is 0.479 e. The fourth-order valence-corrected chi connectivity index (χ4v) is 5.10. The summed E-state index contributed by atoms with van der Waals surface area (Å²) in [6, 6.07) is 0. The molecule has 1 N–H and O–H groups in total. The van der Waals surface area contributed by atoms with Crippen LogP contribution in [0.2, 0.25) is 0 Å². The van der Waals surface area contributed by atoms with Crippen LogP contribution in [0.25, 0.3) is 0 Å². The van der Waals surface area contributed by atoms with Gasteiger partial charge in [-0.2, -0.15) is 0 Å². The summed E-state index contributed by atoms with van der Waals surface area (Å²) in [7, 11) is 0. The van der Waals surface area contributed by atoms with Gasteiger partial charge in [0.15, 0.2) is 0 Å². The first kappa shape index (κ1) is 11.1. The molecule has 1 heterocycles. The van der Waals surface area contributed by atoms with E-state index in [4.69, 9.17) is 0 Å². The molecule has 2 saturated carbocycles. The highest BCUT2D eigenvalue weighted by atomic mass is 16.4. The van der Waals surface area contributed by atoms with Crippen molar-refractivity contribution in [3.8, 4) is 0 Å². The zero-order valence-electron chi connectivity index (χ0n) is 10.6. The normalized spacial score (nSPS) is 51.0.